The van der Waals surface area contributed by atoms with Crippen LogP contribution in [0.5, 0.6) is 5.75 Å². The molecule has 15 heteroatoms. The number of benzene rings is 8. The summed E-state index contributed by atoms with van der Waals surface area (Å²) in [5.74, 6) is 0.668. The van der Waals surface area contributed by atoms with E-state index < -0.39 is 13.7 Å². The molecule has 0 spiro atoms. The van der Waals surface area contributed by atoms with Crippen LogP contribution in [0.4, 0.5) is 0 Å². The largest absolute Gasteiger partial charge is 0.494 e. The Kier molecular flexibility index (Phi) is 14.1. The molecule has 9 nitrogen and oxygen atoms in total. The molecule has 376 valence electrons. The summed E-state index contributed by atoms with van der Waals surface area (Å²) in [7, 11) is 0. The van der Waals surface area contributed by atoms with E-state index >= 15 is 0 Å². The summed E-state index contributed by atoms with van der Waals surface area (Å²) >= 11 is 26.6. The predicted molar refractivity (Wildman–Crippen MR) is 323 cm³/mol. The first-order chi connectivity index (χ1) is 38.7. The number of rotatable bonds is 12. The van der Waals surface area contributed by atoms with Gasteiger partial charge in [0.2, 0.25) is 0 Å². The molecule has 0 amide bonds. The van der Waals surface area contributed by atoms with Gasteiger partial charge in [0.05, 0.1) is 61.8 Å². The maximum Gasteiger partial charge on any atom is 0.328 e. The van der Waals surface area contributed by atoms with Crippen LogP contribution in [-0.2, 0) is 0 Å². The molecule has 0 atom stereocenters. The van der Waals surface area contributed by atoms with Gasteiger partial charge < -0.3 is 13.7 Å². The summed E-state index contributed by atoms with van der Waals surface area (Å²) in [5.41, 5.74) is 9.55. The van der Waals surface area contributed by atoms with E-state index in [2.05, 4.69) is 69.6 Å². The van der Waals surface area contributed by atoms with Gasteiger partial charge >= 0.3 is 13.7 Å². The number of nitrogens with zero attached hydrogens (tertiary/aromatic N) is 8. The minimum absolute atomic E-state index is 0.190. The summed E-state index contributed by atoms with van der Waals surface area (Å²) in [6.45, 7) is 1.17. The highest BCUT2D eigenvalue weighted by Crippen LogP contribution is 2.38. The van der Waals surface area contributed by atoms with Crippen molar-refractivity contribution in [2.45, 2.75) is 6.92 Å². The molecule has 0 saturated carbocycles. The minimum Gasteiger partial charge on any atom is -0.494 e. The van der Waals surface area contributed by atoms with Gasteiger partial charge in [-0.15, -0.1) is 0 Å². The van der Waals surface area contributed by atoms with E-state index in [9.17, 15) is 10.5 Å². The van der Waals surface area contributed by atoms with Gasteiger partial charge in [0, 0.05) is 32.2 Å². The molecule has 8 aromatic carbocycles. The van der Waals surface area contributed by atoms with Crippen LogP contribution >= 0.6 is 46.4 Å². The van der Waals surface area contributed by atoms with Gasteiger partial charge in [0.1, 0.15) is 40.4 Å². The predicted octanol–water partition coefficient (Wildman–Crippen LogP) is 11.4. The fraction of sp³-hybridized carbons (Fsp3) is 0.0312. The molecule has 0 aliphatic carbocycles. The van der Waals surface area contributed by atoms with Crippen molar-refractivity contribution >= 4 is 126 Å². The summed E-state index contributed by atoms with van der Waals surface area (Å²) in [4.78, 5) is 20.2. The van der Waals surface area contributed by atoms with Crippen LogP contribution in [0.1, 0.15) is 18.3 Å². The van der Waals surface area contributed by atoms with Crippen molar-refractivity contribution < 1.29 is 4.74 Å². The SMILES string of the molecule is CCOc1ccc(-c2c3/c(=C(\C#N)c4cnc5cc(Cl)ccc5n4)n(B(c4ccccc4)c4ccccc4)c(-c4ccc(Cl)cc4)c3/c(=C(\C#N)c3cnc4cc(Cl)c(Cl)cc4n3)n2B(c2ccccc2)c2ccccc2)cc1. The molecule has 4 aromatic heterocycles. The molecular formula is C64H40B2Cl4N8O. The first-order valence-electron chi connectivity index (χ1n) is 25.3. The van der Waals surface area contributed by atoms with Crippen LogP contribution < -0.4 is 37.3 Å². The monoisotopic (exact) mass is 1100 g/mol. The van der Waals surface area contributed by atoms with Gasteiger partial charge in [-0.2, -0.15) is 10.5 Å². The van der Waals surface area contributed by atoms with Gasteiger partial charge in [0.25, 0.3) is 0 Å². The minimum atomic E-state index is -0.620. The fourth-order valence-electron chi connectivity index (χ4n) is 10.7. The summed E-state index contributed by atoms with van der Waals surface area (Å²) in [6, 6.07) is 70.4. The number of aromatic nitrogens is 6. The lowest BCUT2D eigenvalue weighted by atomic mass is 9.50. The van der Waals surface area contributed by atoms with Crippen molar-refractivity contribution in [1.29, 1.82) is 10.5 Å². The second kappa shape index (κ2) is 21.8. The third-order valence-corrected chi connectivity index (χ3v) is 15.2. The van der Waals surface area contributed by atoms with Crippen molar-refractivity contribution in [2.75, 3.05) is 6.61 Å². The number of fused-ring (bicyclic) bond motifs is 3. The summed E-state index contributed by atoms with van der Waals surface area (Å²) in [5, 5.41) is 28.4. The molecule has 0 bridgehead atoms. The molecule has 0 radical (unpaired) electrons. The Balaban J connectivity index is 1.44. The number of hydrogen-bond donors (Lipinski definition) is 0. The zero-order valence-electron chi connectivity index (χ0n) is 42.1. The molecule has 4 heterocycles. The van der Waals surface area contributed by atoms with Gasteiger partial charge in [-0.05, 0) is 84.8 Å². The molecular weight excluding hydrogens is 1060 g/mol. The van der Waals surface area contributed by atoms with Crippen molar-refractivity contribution in [3.63, 3.8) is 0 Å². The highest BCUT2D eigenvalue weighted by atomic mass is 35.5. The molecule has 0 aliphatic rings. The van der Waals surface area contributed by atoms with Crippen molar-refractivity contribution in [3.05, 3.63) is 255 Å². The average Bonchev–Trinajstić information content (AvgIpc) is 3.49. The van der Waals surface area contributed by atoms with Gasteiger partial charge in [0.15, 0.2) is 0 Å². The number of halogens is 4. The molecule has 79 heavy (non-hydrogen) atoms. The van der Waals surface area contributed by atoms with E-state index in [0.29, 0.717) is 88.0 Å². The van der Waals surface area contributed by atoms with Crippen LogP contribution in [0.15, 0.2) is 213 Å². The smallest absolute Gasteiger partial charge is 0.328 e. The standard InChI is InChI=1S/C64H40B2Cl4N8O/c1-2-79-48-30-25-41(26-31-48)62-60-59(64(50(37-72)58-39-74-55-34-51(69)52(70)35-56(55)76-58)78(62)66(44-19-11-5-12-20-44)45-21-13-6-14-22-45)61(40-23-27-46(67)28-24-40)77(65(42-15-7-3-8-16-42)43-17-9-4-10-18-43)63(60)49(36-71)57-38-73-54-33-47(68)29-32-53(54)75-57/h3-35,38-39H,2H2,1H3/b63-49-,64-50-. The molecule has 0 fully saturated rings. The lowest BCUT2D eigenvalue weighted by Gasteiger charge is -2.24. The van der Waals surface area contributed by atoms with Gasteiger partial charge in [-0.25, -0.2) is 9.97 Å². The second-order valence-corrected chi connectivity index (χ2v) is 20.4. The lowest BCUT2D eigenvalue weighted by Crippen LogP contribution is -2.54. The summed E-state index contributed by atoms with van der Waals surface area (Å²) < 4.78 is 10.6. The van der Waals surface area contributed by atoms with E-state index in [1.54, 1.807) is 42.7 Å². The third-order valence-electron chi connectivity index (χ3n) is 14.0. The first kappa shape index (κ1) is 50.9. The maximum absolute atomic E-state index is 12.2. The Hall–Kier alpha value is -8.93. The molecule has 12 rings (SSSR count). The third kappa shape index (κ3) is 9.48. The zero-order valence-corrected chi connectivity index (χ0v) is 45.1. The van der Waals surface area contributed by atoms with E-state index in [4.69, 9.17) is 71.1 Å². The Morgan fingerprint density at radius 2 is 0.861 bits per heavy atom. The Morgan fingerprint density at radius 3 is 1.29 bits per heavy atom. The number of ether oxygens (including phenoxy) is 1. The molecule has 0 N–H and O–H groups in total. The fourth-order valence-corrected chi connectivity index (χ4v) is 11.3. The van der Waals surface area contributed by atoms with Crippen LogP contribution in [0, 0.1) is 22.7 Å². The van der Waals surface area contributed by atoms with Gasteiger partial charge in [-0.1, -0.05) is 202 Å². The van der Waals surface area contributed by atoms with Crippen LogP contribution in [0.25, 0.3) is 66.5 Å². The van der Waals surface area contributed by atoms with Crippen LogP contribution in [0.2, 0.25) is 20.1 Å². The first-order valence-corrected chi connectivity index (χ1v) is 26.8. The van der Waals surface area contributed by atoms with Gasteiger partial charge in [-0.3, -0.25) is 9.97 Å². The molecule has 12 aromatic rings. The Morgan fingerprint density at radius 1 is 0.468 bits per heavy atom. The van der Waals surface area contributed by atoms with E-state index in [0.717, 1.165) is 33.0 Å². The summed E-state index contributed by atoms with van der Waals surface area (Å²) in [6.07, 6.45) is 3.23. The molecule has 0 aliphatic heterocycles. The number of nitriles is 2. The molecule has 0 saturated heterocycles. The topological polar surface area (TPSA) is 118 Å². The molecule has 0 unspecified atom stereocenters. The van der Waals surface area contributed by atoms with Crippen molar-refractivity contribution in [2.24, 2.45) is 0 Å². The average molecular weight is 1100 g/mol. The second-order valence-electron chi connectivity index (χ2n) is 18.7. The normalized spacial score (nSPS) is 12.0. The van der Waals surface area contributed by atoms with Crippen molar-refractivity contribution in [3.8, 4) is 40.4 Å². The van der Waals surface area contributed by atoms with Crippen LogP contribution in [0.3, 0.4) is 0 Å². The van der Waals surface area contributed by atoms with E-state index in [-0.39, 0.29) is 21.9 Å². The maximum atomic E-state index is 12.2. The van der Waals surface area contributed by atoms with E-state index in [1.165, 1.54) is 0 Å². The highest BCUT2D eigenvalue weighted by Gasteiger charge is 2.37. The zero-order chi connectivity index (χ0) is 54.1. The number of hydrogen-bond acceptors (Lipinski definition) is 7. The quantitative estimate of drug-likeness (QED) is 0.112. The van der Waals surface area contributed by atoms with E-state index in [1.807, 2.05) is 128 Å². The van der Waals surface area contributed by atoms with Crippen LogP contribution in [-0.4, -0.2) is 49.2 Å². The van der Waals surface area contributed by atoms with Crippen molar-refractivity contribution in [1.82, 2.24) is 28.9 Å². The Labute approximate surface area is 475 Å². The Bertz CT molecular complexity index is 4440. The highest BCUT2D eigenvalue weighted by molar-refractivity contribution is 6.85. The lowest BCUT2D eigenvalue weighted by molar-refractivity contribution is 0.340.